The highest BCUT2D eigenvalue weighted by atomic mass is 32.2. The van der Waals surface area contributed by atoms with Crippen LogP contribution in [0.5, 0.6) is 0 Å². The van der Waals surface area contributed by atoms with Gasteiger partial charge in [-0.3, -0.25) is 0 Å². The fourth-order valence-corrected chi connectivity index (χ4v) is 3.31. The maximum absolute atomic E-state index is 11.7. The lowest BCUT2D eigenvalue weighted by Gasteiger charge is -2.16. The van der Waals surface area contributed by atoms with Crippen LogP contribution in [0.25, 0.3) is 0 Å². The molecule has 4 nitrogen and oxygen atoms in total. The molecule has 1 rings (SSSR count). The second-order valence-electron chi connectivity index (χ2n) is 5.10. The molecule has 1 N–H and O–H groups in total. The van der Waals surface area contributed by atoms with E-state index in [4.69, 9.17) is 0 Å². The van der Waals surface area contributed by atoms with Gasteiger partial charge in [-0.1, -0.05) is 19.1 Å². The van der Waals surface area contributed by atoms with Gasteiger partial charge in [0.05, 0.1) is 5.75 Å². The van der Waals surface area contributed by atoms with E-state index in [-0.39, 0.29) is 11.8 Å². The highest BCUT2D eigenvalue weighted by molar-refractivity contribution is 7.89. The second-order valence-corrected chi connectivity index (χ2v) is 6.98. The van der Waals surface area contributed by atoms with Gasteiger partial charge in [0, 0.05) is 25.8 Å². The van der Waals surface area contributed by atoms with Gasteiger partial charge in [-0.2, -0.15) is 0 Å². The number of hydrogen-bond acceptors (Lipinski definition) is 3. The molecule has 19 heavy (non-hydrogen) atoms. The summed E-state index contributed by atoms with van der Waals surface area (Å²) in [5, 5.41) is 0. The summed E-state index contributed by atoms with van der Waals surface area (Å²) in [4.78, 5) is 2.04. The first kappa shape index (κ1) is 16.0. The van der Waals surface area contributed by atoms with E-state index in [1.165, 1.54) is 0 Å². The lowest BCUT2D eigenvalue weighted by molar-refractivity contribution is 0.558. The number of anilines is 1. The Bertz CT molecular complexity index is 481. The smallest absolute Gasteiger partial charge is 0.211 e. The van der Waals surface area contributed by atoms with Crippen LogP contribution in [0.1, 0.15) is 25.8 Å². The van der Waals surface area contributed by atoms with E-state index >= 15 is 0 Å². The van der Waals surface area contributed by atoms with E-state index in [0.29, 0.717) is 12.8 Å². The van der Waals surface area contributed by atoms with Crippen molar-refractivity contribution in [3.8, 4) is 0 Å². The van der Waals surface area contributed by atoms with Gasteiger partial charge in [0.1, 0.15) is 0 Å². The van der Waals surface area contributed by atoms with Crippen molar-refractivity contribution in [1.82, 2.24) is 4.72 Å². The van der Waals surface area contributed by atoms with Crippen molar-refractivity contribution in [1.29, 1.82) is 0 Å². The Labute approximate surface area is 116 Å². The zero-order chi connectivity index (χ0) is 14.5. The maximum atomic E-state index is 11.7. The molecular formula is C14H24N2O2S. The van der Waals surface area contributed by atoms with Crippen LogP contribution >= 0.6 is 0 Å². The van der Waals surface area contributed by atoms with Crippen molar-refractivity contribution >= 4 is 15.7 Å². The summed E-state index contributed by atoms with van der Waals surface area (Å²) in [7, 11) is 0.862. The number of rotatable bonds is 7. The van der Waals surface area contributed by atoms with Crippen LogP contribution in [0.4, 0.5) is 5.69 Å². The first-order chi connectivity index (χ1) is 8.84. The normalized spacial score (nSPS) is 13.3. The summed E-state index contributed by atoms with van der Waals surface area (Å²) in [5.41, 5.74) is 2.28. The summed E-state index contributed by atoms with van der Waals surface area (Å²) in [6, 6.07) is 8.09. The predicted molar refractivity (Wildman–Crippen MR) is 81.1 cm³/mol. The average Bonchev–Trinajstić information content (AvgIpc) is 2.28. The number of sulfonamides is 1. The Morgan fingerprint density at radius 3 is 2.26 bits per heavy atom. The van der Waals surface area contributed by atoms with E-state index < -0.39 is 10.0 Å². The summed E-state index contributed by atoms with van der Waals surface area (Å²) in [6.45, 7) is 3.76. The molecule has 0 radical (unpaired) electrons. The van der Waals surface area contributed by atoms with Gasteiger partial charge in [0.15, 0.2) is 0 Å². The molecule has 0 saturated carbocycles. The summed E-state index contributed by atoms with van der Waals surface area (Å²) in [5.74, 6) is 0.191. The zero-order valence-corrected chi connectivity index (χ0v) is 13.0. The van der Waals surface area contributed by atoms with Crippen LogP contribution in [0, 0.1) is 0 Å². The monoisotopic (exact) mass is 284 g/mol. The average molecular weight is 284 g/mol. The Morgan fingerprint density at radius 2 is 1.79 bits per heavy atom. The van der Waals surface area contributed by atoms with Crippen molar-refractivity contribution < 1.29 is 8.42 Å². The Hall–Kier alpha value is -1.07. The Balaban J connectivity index is 2.59. The molecule has 1 aromatic rings. The summed E-state index contributed by atoms with van der Waals surface area (Å²) in [6.07, 6.45) is 1.34. The van der Waals surface area contributed by atoms with Crippen molar-refractivity contribution in [2.24, 2.45) is 0 Å². The molecule has 0 aliphatic carbocycles. The lowest BCUT2D eigenvalue weighted by Crippen LogP contribution is -2.35. The van der Waals surface area contributed by atoms with Crippen LogP contribution in [0.15, 0.2) is 24.3 Å². The molecule has 1 atom stereocenters. The highest BCUT2D eigenvalue weighted by Crippen LogP contribution is 2.13. The van der Waals surface area contributed by atoms with Gasteiger partial charge < -0.3 is 4.90 Å². The molecule has 0 aliphatic rings. The molecule has 108 valence electrons. The third-order valence-corrected chi connectivity index (χ3v) is 4.56. The van der Waals surface area contributed by atoms with Gasteiger partial charge in [0.2, 0.25) is 10.0 Å². The van der Waals surface area contributed by atoms with Crippen LogP contribution in [0.2, 0.25) is 0 Å². The molecule has 1 aromatic carbocycles. The molecule has 0 spiro atoms. The number of hydrogen-bond donors (Lipinski definition) is 1. The van der Waals surface area contributed by atoms with Crippen molar-refractivity contribution in [3.05, 3.63) is 29.8 Å². The van der Waals surface area contributed by atoms with E-state index in [1.807, 2.05) is 57.1 Å². The molecular weight excluding hydrogens is 260 g/mol. The number of benzene rings is 1. The van der Waals surface area contributed by atoms with E-state index in [2.05, 4.69) is 4.72 Å². The van der Waals surface area contributed by atoms with Gasteiger partial charge in [-0.25, -0.2) is 13.1 Å². The van der Waals surface area contributed by atoms with Crippen LogP contribution in [0.3, 0.4) is 0 Å². The van der Waals surface area contributed by atoms with Crippen molar-refractivity contribution in [2.45, 2.75) is 32.7 Å². The lowest BCUT2D eigenvalue weighted by atomic mass is 10.1. The molecule has 0 bridgehead atoms. The number of nitrogens with zero attached hydrogens (tertiary/aromatic N) is 1. The van der Waals surface area contributed by atoms with Gasteiger partial charge >= 0.3 is 0 Å². The molecule has 0 amide bonds. The minimum absolute atomic E-state index is 0.0817. The minimum Gasteiger partial charge on any atom is -0.378 e. The van der Waals surface area contributed by atoms with Crippen LogP contribution < -0.4 is 9.62 Å². The molecule has 5 heteroatoms. The zero-order valence-electron chi connectivity index (χ0n) is 12.2. The highest BCUT2D eigenvalue weighted by Gasteiger charge is 2.13. The van der Waals surface area contributed by atoms with Crippen LogP contribution in [-0.2, 0) is 16.4 Å². The SMILES string of the molecule is CCCS(=O)(=O)NC(C)Cc1ccc(N(C)C)cc1. The quantitative estimate of drug-likeness (QED) is 0.833. The second kappa shape index (κ2) is 6.91. The van der Waals surface area contributed by atoms with Gasteiger partial charge in [-0.05, 0) is 37.5 Å². The molecule has 0 saturated heterocycles. The Morgan fingerprint density at radius 1 is 1.21 bits per heavy atom. The third kappa shape index (κ3) is 5.61. The molecule has 0 aromatic heterocycles. The van der Waals surface area contributed by atoms with Crippen molar-refractivity contribution in [2.75, 3.05) is 24.7 Å². The van der Waals surface area contributed by atoms with Crippen molar-refractivity contribution in [3.63, 3.8) is 0 Å². The standard InChI is InChI=1S/C14H24N2O2S/c1-5-10-19(17,18)15-12(2)11-13-6-8-14(9-7-13)16(3)4/h6-9,12,15H,5,10-11H2,1-4H3. The third-order valence-electron chi connectivity index (χ3n) is 2.85. The molecule has 1 unspecified atom stereocenters. The largest absolute Gasteiger partial charge is 0.378 e. The minimum atomic E-state index is -3.13. The fourth-order valence-electron chi connectivity index (χ4n) is 1.96. The number of nitrogens with one attached hydrogen (secondary N) is 1. The molecule has 0 fully saturated rings. The molecule has 0 heterocycles. The van der Waals surface area contributed by atoms with E-state index in [9.17, 15) is 8.42 Å². The summed E-state index contributed by atoms with van der Waals surface area (Å²) < 4.78 is 26.0. The maximum Gasteiger partial charge on any atom is 0.211 e. The summed E-state index contributed by atoms with van der Waals surface area (Å²) >= 11 is 0. The Kier molecular flexibility index (Phi) is 5.82. The van der Waals surface area contributed by atoms with Gasteiger partial charge in [-0.15, -0.1) is 0 Å². The molecule has 0 aliphatic heterocycles. The van der Waals surface area contributed by atoms with Crippen LogP contribution in [-0.4, -0.2) is 34.3 Å². The van der Waals surface area contributed by atoms with E-state index in [0.717, 1.165) is 11.3 Å². The first-order valence-electron chi connectivity index (χ1n) is 6.60. The van der Waals surface area contributed by atoms with E-state index in [1.54, 1.807) is 0 Å². The first-order valence-corrected chi connectivity index (χ1v) is 8.25. The topological polar surface area (TPSA) is 49.4 Å². The predicted octanol–water partition coefficient (Wildman–Crippen LogP) is 2.01. The van der Waals surface area contributed by atoms with Gasteiger partial charge in [0.25, 0.3) is 0 Å². The fraction of sp³-hybridized carbons (Fsp3) is 0.571.